The Kier molecular flexibility index (Phi) is 4.20. The lowest BCUT2D eigenvalue weighted by Crippen LogP contribution is -2.29. The van der Waals surface area contributed by atoms with E-state index in [1.807, 2.05) is 0 Å². The Morgan fingerprint density at radius 2 is 2.27 bits per heavy atom. The number of hydrogen-bond donors (Lipinski definition) is 2. The van der Waals surface area contributed by atoms with E-state index in [1.54, 1.807) is 11.3 Å². The molecule has 0 bridgehead atoms. The molecule has 15 heavy (non-hydrogen) atoms. The zero-order valence-electron chi connectivity index (χ0n) is 8.71. The second-order valence-electron chi connectivity index (χ2n) is 4.29. The molecule has 1 aromatic rings. The first-order chi connectivity index (χ1) is 7.29. The van der Waals surface area contributed by atoms with Crippen molar-refractivity contribution in [3.05, 3.63) is 20.8 Å². The van der Waals surface area contributed by atoms with Crippen LogP contribution < -0.4 is 11.3 Å². The van der Waals surface area contributed by atoms with E-state index in [4.69, 9.17) is 5.84 Å². The summed E-state index contributed by atoms with van der Waals surface area (Å²) in [7, 11) is 0. The van der Waals surface area contributed by atoms with Crippen LogP contribution in [-0.2, 0) is 0 Å². The minimum Gasteiger partial charge on any atom is -0.271 e. The third-order valence-corrected chi connectivity index (χ3v) is 4.76. The lowest BCUT2D eigenvalue weighted by molar-refractivity contribution is 0.400. The van der Waals surface area contributed by atoms with Gasteiger partial charge in [-0.05, 0) is 45.3 Å². The molecule has 1 unspecified atom stereocenters. The van der Waals surface area contributed by atoms with Crippen molar-refractivity contribution >= 4 is 27.3 Å². The monoisotopic (exact) mass is 288 g/mol. The van der Waals surface area contributed by atoms with Gasteiger partial charge in [-0.15, -0.1) is 11.3 Å². The average Bonchev–Trinajstić information content (AvgIpc) is 2.85. The topological polar surface area (TPSA) is 38.0 Å². The summed E-state index contributed by atoms with van der Waals surface area (Å²) < 4.78 is 1.18. The molecule has 0 spiro atoms. The first-order valence-corrected chi connectivity index (χ1v) is 7.17. The van der Waals surface area contributed by atoms with E-state index in [-0.39, 0.29) is 0 Å². The molecule has 2 rings (SSSR count). The smallest absolute Gasteiger partial charge is 0.0701 e. The van der Waals surface area contributed by atoms with Crippen LogP contribution in [0.3, 0.4) is 0 Å². The highest BCUT2D eigenvalue weighted by atomic mass is 79.9. The summed E-state index contributed by atoms with van der Waals surface area (Å²) in [5.41, 5.74) is 4.27. The van der Waals surface area contributed by atoms with Crippen molar-refractivity contribution in [2.24, 2.45) is 11.8 Å². The van der Waals surface area contributed by atoms with Crippen LogP contribution in [0.1, 0.15) is 43.7 Å². The highest BCUT2D eigenvalue weighted by molar-refractivity contribution is 9.11. The van der Waals surface area contributed by atoms with Crippen LogP contribution >= 0.6 is 27.3 Å². The predicted octanol–water partition coefficient (Wildman–Crippen LogP) is 3.60. The van der Waals surface area contributed by atoms with Crippen molar-refractivity contribution < 1.29 is 0 Å². The summed E-state index contributed by atoms with van der Waals surface area (Å²) in [6.07, 6.45) is 6.73. The van der Waals surface area contributed by atoms with Crippen LogP contribution in [0.2, 0.25) is 0 Å². The number of hydrazine groups is 1. The molecule has 1 atom stereocenters. The molecule has 0 saturated heterocycles. The molecule has 1 aliphatic rings. The first-order valence-electron chi connectivity index (χ1n) is 5.49. The molecule has 1 aromatic heterocycles. The third kappa shape index (κ3) is 3.03. The highest BCUT2D eigenvalue weighted by Crippen LogP contribution is 2.34. The standard InChI is InChI=1S/C11H17BrN2S/c12-11-6-9(7-15-11)10(14-13)5-8-3-1-2-4-8/h6-8,10,14H,1-5,13H2. The molecule has 84 valence electrons. The van der Waals surface area contributed by atoms with Crippen LogP contribution in [0.4, 0.5) is 0 Å². The Bertz CT molecular complexity index is 307. The van der Waals surface area contributed by atoms with E-state index in [0.29, 0.717) is 6.04 Å². The van der Waals surface area contributed by atoms with Crippen molar-refractivity contribution in [3.8, 4) is 0 Å². The molecule has 4 heteroatoms. The van der Waals surface area contributed by atoms with Gasteiger partial charge in [0.25, 0.3) is 0 Å². The molecule has 1 fully saturated rings. The largest absolute Gasteiger partial charge is 0.271 e. The van der Waals surface area contributed by atoms with Gasteiger partial charge in [0.2, 0.25) is 0 Å². The van der Waals surface area contributed by atoms with Gasteiger partial charge >= 0.3 is 0 Å². The van der Waals surface area contributed by atoms with E-state index in [2.05, 4.69) is 32.8 Å². The van der Waals surface area contributed by atoms with Crippen molar-refractivity contribution in [1.29, 1.82) is 0 Å². The summed E-state index contributed by atoms with van der Waals surface area (Å²) in [5, 5.41) is 2.18. The SMILES string of the molecule is NNC(CC1CCCC1)c1csc(Br)c1. The summed E-state index contributed by atoms with van der Waals surface area (Å²) >= 11 is 5.22. The fourth-order valence-corrected chi connectivity index (χ4v) is 3.62. The van der Waals surface area contributed by atoms with E-state index < -0.39 is 0 Å². The number of thiophene rings is 1. The Morgan fingerprint density at radius 1 is 1.53 bits per heavy atom. The quantitative estimate of drug-likeness (QED) is 0.656. The average molecular weight is 289 g/mol. The number of nitrogens with two attached hydrogens (primary N) is 1. The van der Waals surface area contributed by atoms with Crippen LogP contribution in [0.25, 0.3) is 0 Å². The minimum atomic E-state index is 0.329. The van der Waals surface area contributed by atoms with Crippen LogP contribution in [0.15, 0.2) is 15.2 Å². The van der Waals surface area contributed by atoms with E-state index in [1.165, 1.54) is 41.5 Å². The molecular formula is C11H17BrN2S. The van der Waals surface area contributed by atoms with Crippen LogP contribution in [0, 0.1) is 5.92 Å². The Hall–Kier alpha value is 0.100. The maximum Gasteiger partial charge on any atom is 0.0701 e. The maximum absolute atomic E-state index is 5.63. The van der Waals surface area contributed by atoms with Crippen molar-refractivity contribution in [3.63, 3.8) is 0 Å². The van der Waals surface area contributed by atoms with Gasteiger partial charge in [0.1, 0.15) is 0 Å². The van der Waals surface area contributed by atoms with Crippen molar-refractivity contribution in [1.82, 2.24) is 5.43 Å². The first kappa shape index (κ1) is 11.6. The Morgan fingerprint density at radius 3 is 2.80 bits per heavy atom. The normalized spacial score (nSPS) is 19.6. The van der Waals surface area contributed by atoms with Gasteiger partial charge in [-0.3, -0.25) is 11.3 Å². The Balaban J connectivity index is 1.97. The van der Waals surface area contributed by atoms with Crippen LogP contribution in [-0.4, -0.2) is 0 Å². The van der Waals surface area contributed by atoms with Crippen molar-refractivity contribution in [2.45, 2.75) is 38.1 Å². The second kappa shape index (κ2) is 5.43. The zero-order valence-corrected chi connectivity index (χ0v) is 11.1. The number of halogens is 1. The van der Waals surface area contributed by atoms with Gasteiger partial charge in [-0.25, -0.2) is 0 Å². The summed E-state index contributed by atoms with van der Waals surface area (Å²) in [6, 6.07) is 2.50. The lowest BCUT2D eigenvalue weighted by atomic mass is 9.95. The van der Waals surface area contributed by atoms with E-state index in [9.17, 15) is 0 Å². The number of rotatable bonds is 4. The Labute approximate surface area is 103 Å². The van der Waals surface area contributed by atoms with E-state index >= 15 is 0 Å². The highest BCUT2D eigenvalue weighted by Gasteiger charge is 2.21. The van der Waals surface area contributed by atoms with Gasteiger partial charge in [-0.2, -0.15) is 0 Å². The predicted molar refractivity (Wildman–Crippen MR) is 68.7 cm³/mol. The maximum atomic E-state index is 5.63. The molecule has 3 N–H and O–H groups in total. The third-order valence-electron chi connectivity index (χ3n) is 3.24. The molecule has 1 heterocycles. The summed E-state index contributed by atoms with van der Waals surface area (Å²) in [5.74, 6) is 6.50. The molecule has 1 saturated carbocycles. The van der Waals surface area contributed by atoms with Crippen LogP contribution in [0.5, 0.6) is 0 Å². The number of nitrogens with one attached hydrogen (secondary N) is 1. The molecule has 1 aliphatic carbocycles. The molecule has 0 amide bonds. The molecule has 0 aliphatic heterocycles. The van der Waals surface area contributed by atoms with Gasteiger partial charge in [0.15, 0.2) is 0 Å². The molecule has 0 aromatic carbocycles. The molecule has 0 radical (unpaired) electrons. The van der Waals surface area contributed by atoms with Crippen molar-refractivity contribution in [2.75, 3.05) is 0 Å². The fourth-order valence-electron chi connectivity index (χ4n) is 2.39. The fraction of sp³-hybridized carbons (Fsp3) is 0.636. The van der Waals surface area contributed by atoms with Gasteiger partial charge in [0.05, 0.1) is 3.79 Å². The second-order valence-corrected chi connectivity index (χ2v) is 6.58. The van der Waals surface area contributed by atoms with Gasteiger partial charge in [-0.1, -0.05) is 25.7 Å². The molecular weight excluding hydrogens is 272 g/mol. The summed E-state index contributed by atoms with van der Waals surface area (Å²) in [4.78, 5) is 0. The van der Waals surface area contributed by atoms with Gasteiger partial charge < -0.3 is 0 Å². The van der Waals surface area contributed by atoms with E-state index in [0.717, 1.165) is 5.92 Å². The number of hydrogen-bond acceptors (Lipinski definition) is 3. The molecule has 2 nitrogen and oxygen atoms in total. The minimum absolute atomic E-state index is 0.329. The lowest BCUT2D eigenvalue weighted by Gasteiger charge is -2.18. The van der Waals surface area contributed by atoms with Gasteiger partial charge in [0, 0.05) is 6.04 Å². The summed E-state index contributed by atoms with van der Waals surface area (Å²) in [6.45, 7) is 0. The zero-order chi connectivity index (χ0) is 10.7.